The predicted molar refractivity (Wildman–Crippen MR) is 62.6 cm³/mol. The molecule has 18 heavy (non-hydrogen) atoms. The first-order valence-corrected chi connectivity index (χ1v) is 5.56. The molecule has 1 N–H and O–H groups in total. The summed E-state index contributed by atoms with van der Waals surface area (Å²) in [4.78, 5) is 27.4. The molecule has 0 saturated carbocycles. The summed E-state index contributed by atoms with van der Waals surface area (Å²) in [6, 6.07) is 2.29. The van der Waals surface area contributed by atoms with Crippen LogP contribution in [0.2, 0.25) is 0 Å². The molecule has 0 aliphatic heterocycles. The Balaban J connectivity index is 2.85. The Bertz CT molecular complexity index is 449. The van der Waals surface area contributed by atoms with Crippen molar-refractivity contribution in [3.8, 4) is 0 Å². The quantitative estimate of drug-likeness (QED) is 0.809. The number of carbonyl (C=O) groups excluding carboxylic acids is 1. The number of amides is 1. The van der Waals surface area contributed by atoms with Crippen molar-refractivity contribution < 1.29 is 19.1 Å². The van der Waals surface area contributed by atoms with Crippen LogP contribution in [0.5, 0.6) is 0 Å². The zero-order chi connectivity index (χ0) is 13.7. The highest BCUT2D eigenvalue weighted by Gasteiger charge is 2.19. The minimum Gasteiger partial charge on any atom is -0.481 e. The van der Waals surface area contributed by atoms with Gasteiger partial charge in [-0.05, 0) is 19.9 Å². The Morgan fingerprint density at radius 1 is 1.50 bits per heavy atom. The van der Waals surface area contributed by atoms with E-state index < -0.39 is 17.8 Å². The minimum atomic E-state index is -0.977. The highest BCUT2D eigenvalue weighted by Crippen LogP contribution is 2.09. The number of carboxylic acids is 1. The third-order valence-electron chi connectivity index (χ3n) is 2.42. The van der Waals surface area contributed by atoms with Crippen molar-refractivity contribution in [3.05, 3.63) is 29.8 Å². The second-order valence-electron chi connectivity index (χ2n) is 4.10. The summed E-state index contributed by atoms with van der Waals surface area (Å²) in [5, 5.41) is 8.63. The van der Waals surface area contributed by atoms with Gasteiger partial charge in [-0.3, -0.25) is 9.59 Å². The molecule has 6 heteroatoms. The number of carboxylic acid groups (broad SMARTS) is 1. The minimum absolute atomic E-state index is 0.0930. The summed E-state index contributed by atoms with van der Waals surface area (Å²) in [6.45, 7) is 3.64. The maximum atomic E-state index is 12.9. The Hall–Kier alpha value is -1.98. The lowest BCUT2D eigenvalue weighted by atomic mass is 10.2. The average molecular weight is 254 g/mol. The van der Waals surface area contributed by atoms with E-state index in [1.165, 1.54) is 17.2 Å². The van der Waals surface area contributed by atoms with Crippen molar-refractivity contribution >= 4 is 11.9 Å². The number of aliphatic carboxylic acids is 1. The smallest absolute Gasteiger partial charge is 0.305 e. The number of nitrogens with zero attached hydrogens (tertiary/aromatic N) is 2. The van der Waals surface area contributed by atoms with Gasteiger partial charge < -0.3 is 10.0 Å². The monoisotopic (exact) mass is 254 g/mol. The van der Waals surface area contributed by atoms with Gasteiger partial charge in [-0.2, -0.15) is 4.39 Å². The molecule has 0 aliphatic carbocycles. The fraction of sp³-hybridized carbons (Fsp3) is 0.417. The van der Waals surface area contributed by atoms with Crippen molar-refractivity contribution in [1.82, 2.24) is 9.88 Å². The van der Waals surface area contributed by atoms with Crippen molar-refractivity contribution in [1.29, 1.82) is 0 Å². The Kier molecular flexibility index (Phi) is 4.76. The predicted octanol–water partition coefficient (Wildman–Crippen LogP) is 1.55. The van der Waals surface area contributed by atoms with Crippen molar-refractivity contribution in [2.75, 3.05) is 6.54 Å². The van der Waals surface area contributed by atoms with Gasteiger partial charge in [0.05, 0.1) is 6.42 Å². The van der Waals surface area contributed by atoms with Crippen molar-refractivity contribution in [3.63, 3.8) is 0 Å². The van der Waals surface area contributed by atoms with Gasteiger partial charge in [0.25, 0.3) is 5.91 Å². The van der Waals surface area contributed by atoms with Crippen LogP contribution in [-0.2, 0) is 4.79 Å². The molecule has 1 aromatic rings. The topological polar surface area (TPSA) is 70.5 Å². The van der Waals surface area contributed by atoms with Gasteiger partial charge in [-0.25, -0.2) is 4.98 Å². The number of pyridine rings is 1. The highest BCUT2D eigenvalue weighted by molar-refractivity contribution is 5.94. The molecular formula is C12H15FN2O3. The molecule has 0 bridgehead atoms. The van der Waals surface area contributed by atoms with Gasteiger partial charge in [-0.1, -0.05) is 0 Å². The number of hydrogen-bond donors (Lipinski definition) is 1. The molecule has 0 atom stereocenters. The molecule has 5 nitrogen and oxygen atoms in total. The summed E-state index contributed by atoms with van der Waals surface area (Å²) in [7, 11) is 0. The van der Waals surface area contributed by atoms with Crippen LogP contribution < -0.4 is 0 Å². The van der Waals surface area contributed by atoms with Crippen LogP contribution in [0.15, 0.2) is 18.3 Å². The summed E-state index contributed by atoms with van der Waals surface area (Å²) < 4.78 is 12.9. The van der Waals surface area contributed by atoms with E-state index in [1.807, 2.05) is 0 Å². The van der Waals surface area contributed by atoms with E-state index in [2.05, 4.69) is 4.98 Å². The molecule has 1 aromatic heterocycles. The molecule has 0 spiro atoms. The first kappa shape index (κ1) is 14.1. The molecule has 0 saturated heterocycles. The average Bonchev–Trinajstić information content (AvgIpc) is 2.28. The van der Waals surface area contributed by atoms with E-state index in [0.717, 1.165) is 6.07 Å². The van der Waals surface area contributed by atoms with Crippen molar-refractivity contribution in [2.24, 2.45) is 0 Å². The van der Waals surface area contributed by atoms with Crippen LogP contribution in [0.1, 0.15) is 30.6 Å². The molecule has 0 unspecified atom stereocenters. The van der Waals surface area contributed by atoms with Gasteiger partial charge >= 0.3 is 5.97 Å². The summed E-state index contributed by atoms with van der Waals surface area (Å²) in [5.41, 5.74) is 0.168. The fourth-order valence-electron chi connectivity index (χ4n) is 1.51. The molecule has 1 heterocycles. The normalized spacial score (nSPS) is 10.4. The number of hydrogen-bond acceptors (Lipinski definition) is 3. The molecule has 0 aliphatic rings. The maximum absolute atomic E-state index is 12.9. The SMILES string of the molecule is CC(C)N(CCC(=O)O)C(=O)c1ccnc(F)c1. The van der Waals surface area contributed by atoms with Crippen LogP contribution in [0.3, 0.4) is 0 Å². The fourth-order valence-corrected chi connectivity index (χ4v) is 1.51. The summed E-state index contributed by atoms with van der Waals surface area (Å²) in [6.07, 6.45) is 1.07. The Morgan fingerprint density at radius 2 is 2.17 bits per heavy atom. The first-order chi connectivity index (χ1) is 8.41. The zero-order valence-corrected chi connectivity index (χ0v) is 10.3. The zero-order valence-electron chi connectivity index (χ0n) is 10.3. The standard InChI is InChI=1S/C12H15FN2O3/c1-8(2)15(6-4-11(16)17)12(18)9-3-5-14-10(13)7-9/h3,5,7-8H,4,6H2,1-2H3,(H,16,17). The van der Waals surface area contributed by atoms with E-state index in [0.29, 0.717) is 0 Å². The first-order valence-electron chi connectivity index (χ1n) is 5.56. The van der Waals surface area contributed by atoms with E-state index in [9.17, 15) is 14.0 Å². The van der Waals surface area contributed by atoms with Crippen LogP contribution in [0.4, 0.5) is 4.39 Å². The Morgan fingerprint density at radius 3 is 2.67 bits per heavy atom. The van der Waals surface area contributed by atoms with E-state index in [4.69, 9.17) is 5.11 Å². The third kappa shape index (κ3) is 3.80. The van der Waals surface area contributed by atoms with Gasteiger partial charge in [0.15, 0.2) is 0 Å². The number of rotatable bonds is 5. The molecule has 0 fully saturated rings. The third-order valence-corrected chi connectivity index (χ3v) is 2.42. The number of halogens is 1. The van der Waals surface area contributed by atoms with E-state index in [-0.39, 0.29) is 24.6 Å². The molecule has 1 amide bonds. The van der Waals surface area contributed by atoms with Crippen LogP contribution in [0, 0.1) is 5.95 Å². The second-order valence-corrected chi connectivity index (χ2v) is 4.10. The van der Waals surface area contributed by atoms with Crippen LogP contribution in [-0.4, -0.2) is 39.5 Å². The molecule has 0 radical (unpaired) electrons. The Labute approximate surface area is 104 Å². The van der Waals surface area contributed by atoms with E-state index >= 15 is 0 Å². The van der Waals surface area contributed by atoms with Gasteiger partial charge in [0.2, 0.25) is 5.95 Å². The lowest BCUT2D eigenvalue weighted by Gasteiger charge is -2.26. The lowest BCUT2D eigenvalue weighted by molar-refractivity contribution is -0.137. The van der Waals surface area contributed by atoms with Gasteiger partial charge in [0.1, 0.15) is 0 Å². The molecule has 1 rings (SSSR count). The number of carbonyl (C=O) groups is 2. The lowest BCUT2D eigenvalue weighted by Crippen LogP contribution is -2.38. The molecule has 98 valence electrons. The highest BCUT2D eigenvalue weighted by atomic mass is 19.1. The maximum Gasteiger partial charge on any atom is 0.305 e. The largest absolute Gasteiger partial charge is 0.481 e. The van der Waals surface area contributed by atoms with Crippen molar-refractivity contribution in [2.45, 2.75) is 26.3 Å². The summed E-state index contributed by atoms with van der Waals surface area (Å²) in [5.74, 6) is -2.11. The molecule has 0 aromatic carbocycles. The molecular weight excluding hydrogens is 239 g/mol. The second kappa shape index (κ2) is 6.09. The van der Waals surface area contributed by atoms with Crippen LogP contribution >= 0.6 is 0 Å². The summed E-state index contributed by atoms with van der Waals surface area (Å²) >= 11 is 0. The van der Waals surface area contributed by atoms with E-state index in [1.54, 1.807) is 13.8 Å². The van der Waals surface area contributed by atoms with Crippen LogP contribution in [0.25, 0.3) is 0 Å². The number of aromatic nitrogens is 1. The van der Waals surface area contributed by atoms with Gasteiger partial charge in [0, 0.05) is 30.4 Å². The van der Waals surface area contributed by atoms with Gasteiger partial charge in [-0.15, -0.1) is 0 Å².